The van der Waals surface area contributed by atoms with Crippen molar-refractivity contribution in [2.75, 3.05) is 0 Å². The highest BCUT2D eigenvalue weighted by Gasteiger charge is 2.22. The Morgan fingerprint density at radius 3 is 2.50 bits per heavy atom. The van der Waals surface area contributed by atoms with Crippen molar-refractivity contribution in [2.45, 2.75) is 20.3 Å². The smallest absolute Gasteiger partial charge is 0.156 e. The highest BCUT2D eigenvalue weighted by molar-refractivity contribution is 6.00. The van der Waals surface area contributed by atoms with Gasteiger partial charge in [-0.05, 0) is 20.3 Å². The van der Waals surface area contributed by atoms with Gasteiger partial charge in [0.1, 0.15) is 5.78 Å². The summed E-state index contributed by atoms with van der Waals surface area (Å²) in [6, 6.07) is 0. The Bertz CT molecular complexity index is 272. The van der Waals surface area contributed by atoms with E-state index in [1.807, 2.05) is 12.2 Å². The van der Waals surface area contributed by atoms with Gasteiger partial charge < -0.3 is 0 Å². The summed E-state index contributed by atoms with van der Waals surface area (Å²) in [5, 5.41) is 0. The van der Waals surface area contributed by atoms with Crippen molar-refractivity contribution < 1.29 is 9.59 Å². The number of hydrogen-bond acceptors (Lipinski definition) is 2. The van der Waals surface area contributed by atoms with Crippen molar-refractivity contribution in [1.82, 2.24) is 0 Å². The maximum atomic E-state index is 11.1. The molecule has 0 N–H and O–H groups in total. The summed E-state index contributed by atoms with van der Waals surface area (Å²) in [5.74, 6) is -0.132. The van der Waals surface area contributed by atoms with Crippen LogP contribution in [-0.2, 0) is 9.59 Å². The molecule has 0 fully saturated rings. The molecule has 0 saturated carbocycles. The average molecular weight is 164 g/mol. The zero-order valence-corrected chi connectivity index (χ0v) is 7.33. The Kier molecular flexibility index (Phi) is 2.58. The Labute approximate surface area is 72.0 Å². The molecule has 1 unspecified atom stereocenters. The second-order valence-corrected chi connectivity index (χ2v) is 3.01. The van der Waals surface area contributed by atoms with Crippen molar-refractivity contribution in [2.24, 2.45) is 5.92 Å². The maximum absolute atomic E-state index is 11.1. The van der Waals surface area contributed by atoms with Crippen LogP contribution in [0.25, 0.3) is 0 Å². The lowest BCUT2D eigenvalue weighted by Gasteiger charge is -2.15. The lowest BCUT2D eigenvalue weighted by Crippen LogP contribution is -2.19. The van der Waals surface area contributed by atoms with Gasteiger partial charge in [0.15, 0.2) is 5.78 Å². The monoisotopic (exact) mass is 164 g/mol. The van der Waals surface area contributed by atoms with Gasteiger partial charge in [0.25, 0.3) is 0 Å². The Morgan fingerprint density at radius 1 is 1.42 bits per heavy atom. The van der Waals surface area contributed by atoms with Crippen LogP contribution in [0.4, 0.5) is 0 Å². The quantitative estimate of drug-likeness (QED) is 0.622. The topological polar surface area (TPSA) is 34.1 Å². The summed E-state index contributed by atoms with van der Waals surface area (Å²) >= 11 is 0. The molecular weight excluding hydrogens is 152 g/mol. The van der Waals surface area contributed by atoms with E-state index in [1.165, 1.54) is 13.8 Å². The van der Waals surface area contributed by atoms with E-state index in [2.05, 4.69) is 0 Å². The molecule has 12 heavy (non-hydrogen) atoms. The SMILES string of the molecule is CC(=O)C1=CC=CCC1C(C)=O. The van der Waals surface area contributed by atoms with Crippen LogP contribution in [0.1, 0.15) is 20.3 Å². The summed E-state index contributed by atoms with van der Waals surface area (Å²) < 4.78 is 0. The lowest BCUT2D eigenvalue weighted by atomic mass is 9.86. The number of carbonyl (C=O) groups excluding carboxylic acids is 2. The molecule has 0 amide bonds. The first-order chi connectivity index (χ1) is 5.63. The van der Waals surface area contributed by atoms with Gasteiger partial charge in [0.05, 0.1) is 0 Å². The van der Waals surface area contributed by atoms with E-state index >= 15 is 0 Å². The van der Waals surface area contributed by atoms with Crippen molar-refractivity contribution in [3.8, 4) is 0 Å². The molecule has 0 heterocycles. The fraction of sp³-hybridized carbons (Fsp3) is 0.400. The van der Waals surface area contributed by atoms with Crippen molar-refractivity contribution in [3.05, 3.63) is 23.8 Å². The predicted octanol–water partition coefficient (Wildman–Crippen LogP) is 1.67. The molecule has 1 rings (SSSR count). The van der Waals surface area contributed by atoms with Crippen LogP contribution in [0.5, 0.6) is 0 Å². The first-order valence-corrected chi connectivity index (χ1v) is 4.01. The molecule has 0 aromatic heterocycles. The molecule has 0 saturated heterocycles. The molecule has 0 aromatic rings. The largest absolute Gasteiger partial charge is 0.299 e. The average Bonchev–Trinajstić information content (AvgIpc) is 2.04. The van der Waals surface area contributed by atoms with Gasteiger partial charge in [0.2, 0.25) is 0 Å². The molecule has 0 spiro atoms. The van der Waals surface area contributed by atoms with E-state index in [0.29, 0.717) is 12.0 Å². The van der Waals surface area contributed by atoms with Gasteiger partial charge in [-0.3, -0.25) is 9.59 Å². The summed E-state index contributed by atoms with van der Waals surface area (Å²) in [4.78, 5) is 22.1. The van der Waals surface area contributed by atoms with Crippen molar-refractivity contribution >= 4 is 11.6 Å². The molecule has 0 radical (unpaired) electrons. The fourth-order valence-electron chi connectivity index (χ4n) is 1.38. The van der Waals surface area contributed by atoms with Crippen LogP contribution >= 0.6 is 0 Å². The standard InChI is InChI=1S/C10H12O2/c1-7(11)9-5-3-4-6-10(9)8(2)12/h3-5,10H,6H2,1-2H3. The van der Waals surface area contributed by atoms with Gasteiger partial charge in [-0.15, -0.1) is 0 Å². The summed E-state index contributed by atoms with van der Waals surface area (Å²) in [6.45, 7) is 3.03. The minimum absolute atomic E-state index is 0.000417. The molecule has 2 heteroatoms. The van der Waals surface area contributed by atoms with Crippen molar-refractivity contribution in [3.63, 3.8) is 0 Å². The minimum Gasteiger partial charge on any atom is -0.299 e. The maximum Gasteiger partial charge on any atom is 0.156 e. The second-order valence-electron chi connectivity index (χ2n) is 3.01. The Morgan fingerprint density at radius 2 is 2.08 bits per heavy atom. The van der Waals surface area contributed by atoms with Crippen molar-refractivity contribution in [1.29, 1.82) is 0 Å². The number of rotatable bonds is 2. The highest BCUT2D eigenvalue weighted by Crippen LogP contribution is 2.21. The predicted molar refractivity (Wildman–Crippen MR) is 46.7 cm³/mol. The molecule has 0 bridgehead atoms. The van der Waals surface area contributed by atoms with Crippen LogP contribution in [0.15, 0.2) is 23.8 Å². The third kappa shape index (κ3) is 1.70. The third-order valence-electron chi connectivity index (χ3n) is 2.06. The zero-order valence-electron chi connectivity index (χ0n) is 7.33. The summed E-state index contributed by atoms with van der Waals surface area (Å²) in [5.41, 5.74) is 0.644. The van der Waals surface area contributed by atoms with E-state index in [1.54, 1.807) is 6.08 Å². The van der Waals surface area contributed by atoms with Crippen LogP contribution < -0.4 is 0 Å². The minimum atomic E-state index is -0.201. The normalized spacial score (nSPS) is 21.8. The molecule has 64 valence electrons. The van der Waals surface area contributed by atoms with Gasteiger partial charge >= 0.3 is 0 Å². The summed E-state index contributed by atoms with van der Waals surface area (Å²) in [6.07, 6.45) is 6.15. The van der Waals surface area contributed by atoms with Gasteiger partial charge in [-0.1, -0.05) is 18.2 Å². The van der Waals surface area contributed by atoms with Crippen LogP contribution in [0, 0.1) is 5.92 Å². The number of allylic oxidation sites excluding steroid dienone is 4. The Balaban J connectivity index is 2.91. The number of hydrogen-bond donors (Lipinski definition) is 0. The van der Waals surface area contributed by atoms with Gasteiger partial charge in [0, 0.05) is 11.5 Å². The van der Waals surface area contributed by atoms with Crippen LogP contribution in [0.3, 0.4) is 0 Å². The molecule has 1 aliphatic rings. The molecular formula is C10H12O2. The second kappa shape index (κ2) is 3.48. The summed E-state index contributed by atoms with van der Waals surface area (Å²) in [7, 11) is 0. The van der Waals surface area contributed by atoms with E-state index in [0.717, 1.165) is 0 Å². The lowest BCUT2D eigenvalue weighted by molar-refractivity contribution is -0.122. The van der Waals surface area contributed by atoms with Gasteiger partial charge in [-0.2, -0.15) is 0 Å². The molecule has 0 aromatic carbocycles. The number of ketones is 2. The zero-order chi connectivity index (χ0) is 9.14. The fourth-order valence-corrected chi connectivity index (χ4v) is 1.38. The van der Waals surface area contributed by atoms with E-state index in [4.69, 9.17) is 0 Å². The van der Waals surface area contributed by atoms with E-state index < -0.39 is 0 Å². The van der Waals surface area contributed by atoms with Crippen LogP contribution in [-0.4, -0.2) is 11.6 Å². The first-order valence-electron chi connectivity index (χ1n) is 4.01. The molecule has 0 aliphatic heterocycles. The number of carbonyl (C=O) groups is 2. The van der Waals surface area contributed by atoms with Crippen LogP contribution in [0.2, 0.25) is 0 Å². The molecule has 2 nitrogen and oxygen atoms in total. The van der Waals surface area contributed by atoms with E-state index in [-0.39, 0.29) is 17.5 Å². The Hall–Kier alpha value is -1.18. The first kappa shape index (κ1) is 8.91. The number of Topliss-reactive ketones (excluding diaryl/α,β-unsaturated/α-hetero) is 2. The molecule has 1 aliphatic carbocycles. The third-order valence-corrected chi connectivity index (χ3v) is 2.06. The van der Waals surface area contributed by atoms with E-state index in [9.17, 15) is 9.59 Å². The molecule has 1 atom stereocenters. The van der Waals surface area contributed by atoms with Gasteiger partial charge in [-0.25, -0.2) is 0 Å². The highest BCUT2D eigenvalue weighted by atomic mass is 16.1.